The Balaban J connectivity index is 1.19. The molecule has 1 saturated heterocycles. The zero-order valence-electron chi connectivity index (χ0n) is 20.5. The molecule has 0 bridgehead atoms. The minimum absolute atomic E-state index is 0.0125. The highest BCUT2D eigenvalue weighted by Crippen LogP contribution is 2.26. The van der Waals surface area contributed by atoms with Crippen molar-refractivity contribution >= 4 is 11.6 Å². The van der Waals surface area contributed by atoms with E-state index in [9.17, 15) is 9.90 Å². The zero-order chi connectivity index (χ0) is 23.7. The number of aliphatic hydroxyl groups excluding tert-OH is 1. The van der Waals surface area contributed by atoms with Gasteiger partial charge in [0.05, 0.1) is 6.10 Å². The van der Waals surface area contributed by atoms with Crippen molar-refractivity contribution in [3.8, 4) is 0 Å². The molecule has 1 fully saturated rings. The van der Waals surface area contributed by atoms with Crippen molar-refractivity contribution in [1.29, 1.82) is 0 Å². The van der Waals surface area contributed by atoms with Gasteiger partial charge in [0.25, 0.3) is 5.91 Å². The Morgan fingerprint density at radius 1 is 1.00 bits per heavy atom. The van der Waals surface area contributed by atoms with Crippen LogP contribution in [0.15, 0.2) is 42.5 Å². The van der Waals surface area contributed by atoms with E-state index < -0.39 is 6.10 Å². The number of carbonyl (C=O) groups is 1. The standard InChI is InChI=1S/C28H38N4O2/c1-20(2)31-11-13-32(14-12-31)25-7-8-27-23(16-25)15-24(29-28(27)34)17-26(33)19-30-10-9-21-5-3-4-6-22(21)18-30/h3-8,16,20,24,26,33H,9-15,17-19H2,1-2H3,(H,29,34)/t24?,26-/m1/s1. The van der Waals surface area contributed by atoms with Crippen molar-refractivity contribution in [2.75, 3.05) is 44.2 Å². The Bertz CT molecular complexity index is 1020. The van der Waals surface area contributed by atoms with Gasteiger partial charge in [-0.05, 0) is 68.0 Å². The largest absolute Gasteiger partial charge is 0.392 e. The molecule has 0 aliphatic carbocycles. The first kappa shape index (κ1) is 23.3. The summed E-state index contributed by atoms with van der Waals surface area (Å²) < 4.78 is 0. The third-order valence-corrected chi connectivity index (χ3v) is 7.78. The third kappa shape index (κ3) is 5.14. The molecule has 0 saturated carbocycles. The number of carbonyl (C=O) groups excluding carboxylic acids is 1. The number of hydrogen-bond acceptors (Lipinski definition) is 5. The minimum atomic E-state index is -0.454. The molecule has 2 aromatic carbocycles. The number of amides is 1. The molecule has 2 aromatic rings. The lowest BCUT2D eigenvalue weighted by Gasteiger charge is -2.38. The predicted octanol–water partition coefficient (Wildman–Crippen LogP) is 2.68. The van der Waals surface area contributed by atoms with Gasteiger partial charge in [-0.1, -0.05) is 24.3 Å². The molecule has 0 aromatic heterocycles. The second-order valence-electron chi connectivity index (χ2n) is 10.5. The van der Waals surface area contributed by atoms with Crippen LogP contribution in [0.3, 0.4) is 0 Å². The van der Waals surface area contributed by atoms with E-state index >= 15 is 0 Å². The molecule has 0 radical (unpaired) electrons. The van der Waals surface area contributed by atoms with Crippen LogP contribution in [-0.4, -0.2) is 78.3 Å². The van der Waals surface area contributed by atoms with Crippen LogP contribution in [0.1, 0.15) is 47.3 Å². The quantitative estimate of drug-likeness (QED) is 0.691. The van der Waals surface area contributed by atoms with Crippen LogP contribution in [0.2, 0.25) is 0 Å². The Morgan fingerprint density at radius 3 is 2.53 bits per heavy atom. The fraction of sp³-hybridized carbons (Fsp3) is 0.536. The second-order valence-corrected chi connectivity index (χ2v) is 10.5. The zero-order valence-corrected chi connectivity index (χ0v) is 20.5. The summed E-state index contributed by atoms with van der Waals surface area (Å²) in [5, 5.41) is 14.0. The fourth-order valence-electron chi connectivity index (χ4n) is 5.80. The summed E-state index contributed by atoms with van der Waals surface area (Å²) in [6.45, 7) is 11.2. The average Bonchev–Trinajstić information content (AvgIpc) is 2.83. The topological polar surface area (TPSA) is 59.1 Å². The van der Waals surface area contributed by atoms with Gasteiger partial charge in [-0.3, -0.25) is 14.6 Å². The number of β-amino-alcohol motifs (C(OH)–C–C–N with tert-alkyl or cyclic N) is 1. The molecule has 6 heteroatoms. The number of nitrogens with one attached hydrogen (secondary N) is 1. The SMILES string of the molecule is CC(C)N1CCN(c2ccc3c(c2)CC(C[C@@H](O)CN2CCc4ccccc4C2)NC3=O)CC1. The molecule has 3 aliphatic rings. The van der Waals surface area contributed by atoms with E-state index in [1.165, 1.54) is 16.8 Å². The normalized spacial score (nSPS) is 22.3. The summed E-state index contributed by atoms with van der Waals surface area (Å²) in [7, 11) is 0. The second kappa shape index (κ2) is 10.1. The van der Waals surface area contributed by atoms with Gasteiger partial charge >= 0.3 is 0 Å². The summed E-state index contributed by atoms with van der Waals surface area (Å²) in [4.78, 5) is 20.1. The maximum Gasteiger partial charge on any atom is 0.251 e. The molecule has 2 atom stereocenters. The fourth-order valence-corrected chi connectivity index (χ4v) is 5.80. The monoisotopic (exact) mass is 462 g/mol. The summed E-state index contributed by atoms with van der Waals surface area (Å²) in [6, 6.07) is 15.4. The first-order valence-corrected chi connectivity index (χ1v) is 12.9. The number of nitrogens with zero attached hydrogens (tertiary/aromatic N) is 3. The number of piperazine rings is 1. The number of aliphatic hydroxyl groups is 1. The van der Waals surface area contributed by atoms with Crippen molar-refractivity contribution in [1.82, 2.24) is 15.1 Å². The number of fused-ring (bicyclic) bond motifs is 2. The van der Waals surface area contributed by atoms with Gasteiger partial charge in [0.2, 0.25) is 0 Å². The Morgan fingerprint density at radius 2 is 1.76 bits per heavy atom. The molecule has 0 spiro atoms. The van der Waals surface area contributed by atoms with Crippen LogP contribution >= 0.6 is 0 Å². The van der Waals surface area contributed by atoms with Gasteiger partial charge in [0, 0.05) is 69.1 Å². The molecule has 1 amide bonds. The Labute approximate surface area is 203 Å². The van der Waals surface area contributed by atoms with Crippen molar-refractivity contribution in [3.05, 3.63) is 64.7 Å². The van der Waals surface area contributed by atoms with E-state index in [1.54, 1.807) is 0 Å². The van der Waals surface area contributed by atoms with Crippen molar-refractivity contribution in [2.24, 2.45) is 0 Å². The maximum absolute atomic E-state index is 12.8. The van der Waals surface area contributed by atoms with Gasteiger partial charge < -0.3 is 15.3 Å². The molecular weight excluding hydrogens is 424 g/mol. The smallest absolute Gasteiger partial charge is 0.251 e. The summed E-state index contributed by atoms with van der Waals surface area (Å²) >= 11 is 0. The van der Waals surface area contributed by atoms with Crippen LogP contribution in [0.4, 0.5) is 5.69 Å². The highest BCUT2D eigenvalue weighted by molar-refractivity contribution is 5.97. The van der Waals surface area contributed by atoms with E-state index in [0.717, 1.165) is 63.2 Å². The molecular formula is C28H38N4O2. The third-order valence-electron chi connectivity index (χ3n) is 7.78. The van der Waals surface area contributed by atoms with Gasteiger partial charge in [-0.2, -0.15) is 0 Å². The maximum atomic E-state index is 12.8. The van der Waals surface area contributed by atoms with Crippen molar-refractivity contribution < 1.29 is 9.90 Å². The van der Waals surface area contributed by atoms with E-state index in [4.69, 9.17) is 0 Å². The average molecular weight is 463 g/mol. The number of rotatable bonds is 6. The first-order chi connectivity index (χ1) is 16.5. The first-order valence-electron chi connectivity index (χ1n) is 12.9. The summed E-state index contributed by atoms with van der Waals surface area (Å²) in [5.74, 6) is -0.0125. The number of hydrogen-bond donors (Lipinski definition) is 2. The highest BCUT2D eigenvalue weighted by Gasteiger charge is 2.28. The van der Waals surface area contributed by atoms with Crippen LogP contribution in [-0.2, 0) is 19.4 Å². The molecule has 6 nitrogen and oxygen atoms in total. The van der Waals surface area contributed by atoms with E-state index in [0.29, 0.717) is 19.0 Å². The number of anilines is 1. The van der Waals surface area contributed by atoms with Crippen LogP contribution in [0, 0.1) is 0 Å². The molecule has 182 valence electrons. The lowest BCUT2D eigenvalue weighted by Crippen LogP contribution is -2.49. The van der Waals surface area contributed by atoms with E-state index in [2.05, 4.69) is 70.3 Å². The molecule has 1 unspecified atom stereocenters. The molecule has 3 aliphatic heterocycles. The van der Waals surface area contributed by atoms with Crippen molar-refractivity contribution in [2.45, 2.75) is 57.8 Å². The molecule has 2 N–H and O–H groups in total. The Hall–Kier alpha value is -2.41. The van der Waals surface area contributed by atoms with Crippen LogP contribution in [0.5, 0.6) is 0 Å². The lowest BCUT2D eigenvalue weighted by molar-refractivity contribution is 0.0796. The molecule has 3 heterocycles. The van der Waals surface area contributed by atoms with Gasteiger partial charge in [-0.15, -0.1) is 0 Å². The minimum Gasteiger partial charge on any atom is -0.392 e. The predicted molar refractivity (Wildman–Crippen MR) is 136 cm³/mol. The van der Waals surface area contributed by atoms with Crippen molar-refractivity contribution in [3.63, 3.8) is 0 Å². The van der Waals surface area contributed by atoms with E-state index in [1.807, 2.05) is 6.07 Å². The van der Waals surface area contributed by atoms with E-state index in [-0.39, 0.29) is 11.9 Å². The molecule has 5 rings (SSSR count). The Kier molecular flexibility index (Phi) is 6.91. The van der Waals surface area contributed by atoms with Crippen LogP contribution in [0.25, 0.3) is 0 Å². The van der Waals surface area contributed by atoms with Gasteiger partial charge in [-0.25, -0.2) is 0 Å². The summed E-state index contributed by atoms with van der Waals surface area (Å²) in [5.41, 5.74) is 5.89. The van der Waals surface area contributed by atoms with Gasteiger partial charge in [0.1, 0.15) is 0 Å². The molecule has 34 heavy (non-hydrogen) atoms. The number of benzene rings is 2. The lowest BCUT2D eigenvalue weighted by atomic mass is 9.91. The highest BCUT2D eigenvalue weighted by atomic mass is 16.3. The van der Waals surface area contributed by atoms with Gasteiger partial charge in [0.15, 0.2) is 0 Å². The summed E-state index contributed by atoms with van der Waals surface area (Å²) in [6.07, 6.45) is 1.94. The van der Waals surface area contributed by atoms with Crippen LogP contribution < -0.4 is 10.2 Å².